The first-order valence-electron chi connectivity index (χ1n) is 8.48. The molecule has 1 aromatic heterocycles. The van der Waals surface area contributed by atoms with Crippen molar-refractivity contribution in [2.75, 3.05) is 13.1 Å². The Morgan fingerprint density at radius 3 is 2.76 bits per heavy atom. The molecule has 0 bridgehead atoms. The van der Waals surface area contributed by atoms with Gasteiger partial charge in [0, 0.05) is 36.6 Å². The van der Waals surface area contributed by atoms with E-state index >= 15 is 0 Å². The molecular formula is C17H27BrN2S. The highest BCUT2D eigenvalue weighted by atomic mass is 79.9. The van der Waals surface area contributed by atoms with Crippen LogP contribution in [0.5, 0.6) is 0 Å². The SMILES string of the molecule is CCC1CN(Cc2ccc(Br)s2)C(C2CCCCC2)CN1. The van der Waals surface area contributed by atoms with E-state index in [1.807, 2.05) is 11.3 Å². The van der Waals surface area contributed by atoms with Crippen LogP contribution >= 0.6 is 27.3 Å². The summed E-state index contributed by atoms with van der Waals surface area (Å²) in [7, 11) is 0. The van der Waals surface area contributed by atoms with Crippen LogP contribution in [0, 0.1) is 5.92 Å². The molecule has 2 nitrogen and oxygen atoms in total. The fraction of sp³-hybridized carbons (Fsp3) is 0.765. The maximum atomic E-state index is 3.79. The van der Waals surface area contributed by atoms with Gasteiger partial charge in [0.25, 0.3) is 0 Å². The van der Waals surface area contributed by atoms with Crippen molar-refractivity contribution in [3.05, 3.63) is 20.8 Å². The van der Waals surface area contributed by atoms with Crippen LogP contribution in [-0.4, -0.2) is 30.1 Å². The molecule has 1 N–H and O–H groups in total. The maximum absolute atomic E-state index is 3.79. The van der Waals surface area contributed by atoms with E-state index in [1.54, 1.807) is 0 Å². The Bertz CT molecular complexity index is 442. The Hall–Kier alpha value is 0.1000. The fourth-order valence-electron chi connectivity index (χ4n) is 3.98. The molecule has 21 heavy (non-hydrogen) atoms. The molecule has 2 atom stereocenters. The first-order valence-corrected chi connectivity index (χ1v) is 10.1. The van der Waals surface area contributed by atoms with Crippen molar-refractivity contribution in [3.8, 4) is 0 Å². The average molecular weight is 371 g/mol. The highest BCUT2D eigenvalue weighted by molar-refractivity contribution is 9.11. The Balaban J connectivity index is 1.69. The highest BCUT2D eigenvalue weighted by Gasteiger charge is 2.33. The van der Waals surface area contributed by atoms with Crippen molar-refractivity contribution in [2.45, 2.75) is 64.1 Å². The molecule has 1 aromatic rings. The summed E-state index contributed by atoms with van der Waals surface area (Å²) in [6.07, 6.45) is 8.45. The Kier molecular flexibility index (Phi) is 5.77. The molecule has 2 unspecified atom stereocenters. The van der Waals surface area contributed by atoms with Gasteiger partial charge in [-0.05, 0) is 53.2 Å². The van der Waals surface area contributed by atoms with Crippen LogP contribution < -0.4 is 5.32 Å². The van der Waals surface area contributed by atoms with Crippen molar-refractivity contribution in [3.63, 3.8) is 0 Å². The van der Waals surface area contributed by atoms with E-state index in [4.69, 9.17) is 0 Å². The minimum atomic E-state index is 0.674. The third-order valence-electron chi connectivity index (χ3n) is 5.21. The third-order valence-corrected chi connectivity index (χ3v) is 6.82. The quantitative estimate of drug-likeness (QED) is 0.829. The van der Waals surface area contributed by atoms with Gasteiger partial charge in [-0.3, -0.25) is 4.90 Å². The molecule has 0 amide bonds. The summed E-state index contributed by atoms with van der Waals surface area (Å²) in [4.78, 5) is 4.28. The van der Waals surface area contributed by atoms with Crippen molar-refractivity contribution >= 4 is 27.3 Å². The van der Waals surface area contributed by atoms with Crippen molar-refractivity contribution in [1.29, 1.82) is 0 Å². The lowest BCUT2D eigenvalue weighted by Gasteiger charge is -2.45. The number of rotatable bonds is 4. The molecule has 2 heterocycles. The van der Waals surface area contributed by atoms with Gasteiger partial charge in [0.15, 0.2) is 0 Å². The predicted octanol–water partition coefficient (Wildman–Crippen LogP) is 4.64. The second-order valence-electron chi connectivity index (χ2n) is 6.61. The molecule has 1 saturated heterocycles. The lowest BCUT2D eigenvalue weighted by molar-refractivity contribution is 0.0653. The molecule has 0 spiro atoms. The molecule has 2 fully saturated rings. The summed E-state index contributed by atoms with van der Waals surface area (Å²) in [5.74, 6) is 0.910. The molecule has 1 aliphatic heterocycles. The molecule has 0 aromatic carbocycles. The van der Waals surface area contributed by atoms with Gasteiger partial charge >= 0.3 is 0 Å². The number of thiophene rings is 1. The number of nitrogens with one attached hydrogen (secondary N) is 1. The average Bonchev–Trinajstić information content (AvgIpc) is 2.93. The summed E-state index contributed by atoms with van der Waals surface area (Å²) in [6, 6.07) is 5.90. The Morgan fingerprint density at radius 1 is 1.29 bits per heavy atom. The van der Waals surface area contributed by atoms with Crippen molar-refractivity contribution < 1.29 is 0 Å². The van der Waals surface area contributed by atoms with Gasteiger partial charge in [0.2, 0.25) is 0 Å². The highest BCUT2D eigenvalue weighted by Crippen LogP contribution is 2.32. The normalized spacial score (nSPS) is 28.9. The first kappa shape index (κ1) is 16.0. The van der Waals surface area contributed by atoms with Crippen LogP contribution in [0.2, 0.25) is 0 Å². The second-order valence-corrected chi connectivity index (χ2v) is 9.16. The zero-order valence-electron chi connectivity index (χ0n) is 13.0. The first-order chi connectivity index (χ1) is 10.3. The van der Waals surface area contributed by atoms with Crippen LogP contribution in [0.4, 0.5) is 0 Å². The minimum Gasteiger partial charge on any atom is -0.311 e. The standard InChI is InChI=1S/C17H27BrN2S/c1-2-14-11-20(12-15-8-9-17(18)21-15)16(10-19-14)13-6-4-3-5-7-13/h8-9,13-14,16,19H,2-7,10-12H2,1H3. The Morgan fingerprint density at radius 2 is 2.10 bits per heavy atom. The van der Waals surface area contributed by atoms with Gasteiger partial charge in [-0.1, -0.05) is 26.2 Å². The number of hydrogen-bond acceptors (Lipinski definition) is 3. The molecule has 1 aliphatic carbocycles. The van der Waals surface area contributed by atoms with Crippen LogP contribution in [0.3, 0.4) is 0 Å². The van der Waals surface area contributed by atoms with Gasteiger partial charge in [0.05, 0.1) is 3.79 Å². The van der Waals surface area contributed by atoms with Gasteiger partial charge in [0.1, 0.15) is 0 Å². The fourth-order valence-corrected chi connectivity index (χ4v) is 5.48. The number of halogens is 1. The molecule has 118 valence electrons. The van der Waals surface area contributed by atoms with E-state index in [1.165, 1.54) is 60.3 Å². The van der Waals surface area contributed by atoms with Gasteiger partial charge < -0.3 is 5.32 Å². The third kappa shape index (κ3) is 4.10. The summed E-state index contributed by atoms with van der Waals surface area (Å²) in [6.45, 7) is 5.84. The van der Waals surface area contributed by atoms with E-state index in [-0.39, 0.29) is 0 Å². The molecule has 0 radical (unpaired) electrons. The van der Waals surface area contributed by atoms with E-state index in [2.05, 4.69) is 45.2 Å². The predicted molar refractivity (Wildman–Crippen MR) is 94.9 cm³/mol. The lowest BCUT2D eigenvalue weighted by Crippen LogP contribution is -2.58. The van der Waals surface area contributed by atoms with Crippen LogP contribution in [0.15, 0.2) is 15.9 Å². The zero-order chi connectivity index (χ0) is 14.7. The number of nitrogens with zero attached hydrogens (tertiary/aromatic N) is 1. The summed E-state index contributed by atoms with van der Waals surface area (Å²) < 4.78 is 1.26. The summed E-state index contributed by atoms with van der Waals surface area (Å²) in [5.41, 5.74) is 0. The van der Waals surface area contributed by atoms with Crippen molar-refractivity contribution in [1.82, 2.24) is 10.2 Å². The molecule has 4 heteroatoms. The summed E-state index contributed by atoms with van der Waals surface area (Å²) in [5, 5.41) is 3.79. The molecular weight excluding hydrogens is 344 g/mol. The Labute approximate surface area is 141 Å². The van der Waals surface area contributed by atoms with E-state index < -0.39 is 0 Å². The van der Waals surface area contributed by atoms with Gasteiger partial charge in [-0.25, -0.2) is 0 Å². The van der Waals surface area contributed by atoms with E-state index in [9.17, 15) is 0 Å². The van der Waals surface area contributed by atoms with Crippen LogP contribution in [0.1, 0.15) is 50.3 Å². The minimum absolute atomic E-state index is 0.674. The van der Waals surface area contributed by atoms with Crippen LogP contribution in [0.25, 0.3) is 0 Å². The maximum Gasteiger partial charge on any atom is 0.0701 e. The van der Waals surface area contributed by atoms with Crippen molar-refractivity contribution in [2.24, 2.45) is 5.92 Å². The summed E-state index contributed by atoms with van der Waals surface area (Å²) >= 11 is 5.50. The molecule has 1 saturated carbocycles. The smallest absolute Gasteiger partial charge is 0.0701 e. The van der Waals surface area contributed by atoms with Gasteiger partial charge in [-0.15, -0.1) is 11.3 Å². The second kappa shape index (κ2) is 7.58. The largest absolute Gasteiger partial charge is 0.311 e. The number of hydrogen-bond donors (Lipinski definition) is 1. The van der Waals surface area contributed by atoms with Gasteiger partial charge in [-0.2, -0.15) is 0 Å². The lowest BCUT2D eigenvalue weighted by atomic mass is 9.82. The molecule has 2 aliphatic rings. The topological polar surface area (TPSA) is 15.3 Å². The monoisotopic (exact) mass is 370 g/mol. The zero-order valence-corrected chi connectivity index (χ0v) is 15.4. The number of piperazine rings is 1. The van der Waals surface area contributed by atoms with Crippen LogP contribution in [-0.2, 0) is 6.54 Å². The van der Waals surface area contributed by atoms with E-state index in [0.29, 0.717) is 6.04 Å². The van der Waals surface area contributed by atoms with E-state index in [0.717, 1.165) is 18.5 Å². The molecule has 3 rings (SSSR count).